The molecular weight excluding hydrogens is 286 g/mol. The summed E-state index contributed by atoms with van der Waals surface area (Å²) in [7, 11) is 1.34. The van der Waals surface area contributed by atoms with Crippen molar-refractivity contribution in [3.63, 3.8) is 0 Å². The average molecular weight is 309 g/mol. The van der Waals surface area contributed by atoms with Crippen LogP contribution in [0.15, 0.2) is 24.3 Å². The fourth-order valence-corrected chi connectivity index (χ4v) is 2.63. The second-order valence-electron chi connectivity index (χ2n) is 4.81. The first-order chi connectivity index (χ1) is 10.1. The Balaban J connectivity index is 2.74. The zero-order chi connectivity index (χ0) is 15.7. The average Bonchev–Trinajstić information content (AvgIpc) is 2.48. The van der Waals surface area contributed by atoms with Gasteiger partial charge in [-0.3, -0.25) is 9.59 Å². The molecule has 0 aliphatic heterocycles. The Kier molecular flexibility index (Phi) is 7.90. The Hall–Kier alpha value is -1.49. The molecule has 0 heterocycles. The topological polar surface area (TPSA) is 46.6 Å². The molecule has 0 atom stereocenters. The summed E-state index contributed by atoms with van der Waals surface area (Å²) in [5.74, 6) is 0.929. The molecule has 0 aliphatic carbocycles. The lowest BCUT2D eigenvalue weighted by Gasteiger charge is -2.22. The highest BCUT2D eigenvalue weighted by Gasteiger charge is 2.18. The van der Waals surface area contributed by atoms with E-state index in [9.17, 15) is 9.59 Å². The quantitative estimate of drug-likeness (QED) is 0.547. The molecular formula is C16H23NO3S. The number of carbonyl (C=O) groups is 2. The highest BCUT2D eigenvalue weighted by atomic mass is 32.2. The lowest BCUT2D eigenvalue weighted by Crippen LogP contribution is -2.37. The molecule has 4 nitrogen and oxygen atoms in total. The second-order valence-corrected chi connectivity index (χ2v) is 5.91. The van der Waals surface area contributed by atoms with Gasteiger partial charge < -0.3 is 9.64 Å². The number of hydrogen-bond acceptors (Lipinski definition) is 4. The summed E-state index contributed by atoms with van der Waals surface area (Å²) >= 11 is 1.60. The smallest absolute Gasteiger partial charge is 0.325 e. The van der Waals surface area contributed by atoms with Crippen molar-refractivity contribution in [2.75, 3.05) is 25.2 Å². The fourth-order valence-electron chi connectivity index (χ4n) is 1.84. The predicted molar refractivity (Wildman–Crippen MR) is 86.2 cm³/mol. The number of hydrogen-bond donors (Lipinski definition) is 0. The molecule has 0 aromatic heterocycles. The molecule has 0 spiro atoms. The van der Waals surface area contributed by atoms with Crippen LogP contribution < -0.4 is 0 Å². The molecule has 21 heavy (non-hydrogen) atoms. The van der Waals surface area contributed by atoms with Gasteiger partial charge in [0, 0.05) is 6.54 Å². The van der Waals surface area contributed by atoms with Gasteiger partial charge in [-0.15, -0.1) is 0 Å². The third-order valence-electron chi connectivity index (χ3n) is 3.10. The molecule has 1 amide bonds. The van der Waals surface area contributed by atoms with Crippen molar-refractivity contribution < 1.29 is 14.3 Å². The summed E-state index contributed by atoms with van der Waals surface area (Å²) in [6.07, 6.45) is 1.03. The first-order valence-corrected chi connectivity index (χ1v) is 8.20. The Morgan fingerprint density at radius 1 is 1.29 bits per heavy atom. The molecule has 0 bridgehead atoms. The lowest BCUT2D eigenvalue weighted by molar-refractivity contribution is -0.146. The molecule has 1 rings (SSSR count). The number of aryl methyl sites for hydroxylation is 1. The standard InChI is InChI=1S/C16H23NO3S/c1-4-9-21-12-15(18)17(11-16(19)20-3)10-14-8-6-5-7-13(14)2/h5-8H,4,9-12H2,1-3H3. The summed E-state index contributed by atoms with van der Waals surface area (Å²) in [4.78, 5) is 25.4. The third kappa shape index (κ3) is 6.21. The third-order valence-corrected chi connectivity index (χ3v) is 4.24. The largest absolute Gasteiger partial charge is 0.468 e. The second kappa shape index (κ2) is 9.45. The Bertz CT molecular complexity index is 476. The number of nitrogens with zero attached hydrogens (tertiary/aromatic N) is 1. The number of thioether (sulfide) groups is 1. The van der Waals surface area contributed by atoms with E-state index in [0.717, 1.165) is 23.3 Å². The van der Waals surface area contributed by atoms with Crippen LogP contribution in [0.25, 0.3) is 0 Å². The van der Waals surface area contributed by atoms with Crippen LogP contribution in [0.4, 0.5) is 0 Å². The van der Waals surface area contributed by atoms with Gasteiger partial charge in [0.1, 0.15) is 6.54 Å². The number of ether oxygens (including phenoxy) is 1. The van der Waals surface area contributed by atoms with E-state index in [1.807, 2.05) is 31.2 Å². The van der Waals surface area contributed by atoms with Crippen molar-refractivity contribution in [2.45, 2.75) is 26.8 Å². The highest BCUT2D eigenvalue weighted by Crippen LogP contribution is 2.12. The van der Waals surface area contributed by atoms with Gasteiger partial charge in [0.15, 0.2) is 0 Å². The minimum Gasteiger partial charge on any atom is -0.468 e. The normalized spacial score (nSPS) is 10.2. The van der Waals surface area contributed by atoms with E-state index in [2.05, 4.69) is 11.7 Å². The summed E-state index contributed by atoms with van der Waals surface area (Å²) in [5, 5.41) is 0. The van der Waals surface area contributed by atoms with Gasteiger partial charge in [-0.1, -0.05) is 31.2 Å². The van der Waals surface area contributed by atoms with Crippen LogP contribution in [0, 0.1) is 6.92 Å². The molecule has 0 aliphatic rings. The van der Waals surface area contributed by atoms with E-state index in [4.69, 9.17) is 0 Å². The minimum atomic E-state index is -0.391. The maximum atomic E-state index is 12.3. The predicted octanol–water partition coefficient (Wildman–Crippen LogP) is 2.64. The molecule has 5 heteroatoms. The van der Waals surface area contributed by atoms with E-state index >= 15 is 0 Å². The van der Waals surface area contributed by atoms with Crippen LogP contribution in [0.3, 0.4) is 0 Å². The highest BCUT2D eigenvalue weighted by molar-refractivity contribution is 7.99. The van der Waals surface area contributed by atoms with Crippen molar-refractivity contribution in [1.29, 1.82) is 0 Å². The van der Waals surface area contributed by atoms with Crippen LogP contribution in [-0.2, 0) is 20.9 Å². The zero-order valence-electron chi connectivity index (χ0n) is 12.9. The van der Waals surface area contributed by atoms with E-state index in [0.29, 0.717) is 12.3 Å². The number of esters is 1. The summed E-state index contributed by atoms with van der Waals surface area (Å²) in [5.41, 5.74) is 2.16. The Labute approximate surface area is 130 Å². The number of methoxy groups -OCH3 is 1. The molecule has 0 fully saturated rings. The fraction of sp³-hybridized carbons (Fsp3) is 0.500. The maximum absolute atomic E-state index is 12.3. The van der Waals surface area contributed by atoms with Crippen molar-refractivity contribution in [3.8, 4) is 0 Å². The maximum Gasteiger partial charge on any atom is 0.325 e. The number of amides is 1. The molecule has 0 saturated carbocycles. The monoisotopic (exact) mass is 309 g/mol. The molecule has 116 valence electrons. The van der Waals surface area contributed by atoms with E-state index in [-0.39, 0.29) is 12.5 Å². The molecule has 0 radical (unpaired) electrons. The molecule has 0 N–H and O–H groups in total. The van der Waals surface area contributed by atoms with Gasteiger partial charge in [-0.05, 0) is 30.2 Å². The van der Waals surface area contributed by atoms with Crippen molar-refractivity contribution in [2.24, 2.45) is 0 Å². The molecule has 0 saturated heterocycles. The molecule has 0 unspecified atom stereocenters. The van der Waals surface area contributed by atoms with Crippen LogP contribution in [0.1, 0.15) is 24.5 Å². The SMILES string of the molecule is CCCSCC(=O)N(CC(=O)OC)Cc1ccccc1C. The van der Waals surface area contributed by atoms with Gasteiger partial charge >= 0.3 is 5.97 Å². The summed E-state index contributed by atoms with van der Waals surface area (Å²) in [6, 6.07) is 7.88. The number of carbonyl (C=O) groups excluding carboxylic acids is 2. The van der Waals surface area contributed by atoms with Crippen molar-refractivity contribution >= 4 is 23.6 Å². The van der Waals surface area contributed by atoms with Crippen LogP contribution in [-0.4, -0.2) is 41.9 Å². The summed E-state index contributed by atoms with van der Waals surface area (Å²) in [6.45, 7) is 4.52. The minimum absolute atomic E-state index is 0.00362. The first kappa shape index (κ1) is 17.6. The van der Waals surface area contributed by atoms with Gasteiger partial charge in [0.05, 0.1) is 12.9 Å². The lowest BCUT2D eigenvalue weighted by atomic mass is 10.1. The van der Waals surface area contributed by atoms with Crippen LogP contribution in [0.2, 0.25) is 0 Å². The van der Waals surface area contributed by atoms with E-state index in [1.165, 1.54) is 7.11 Å². The van der Waals surface area contributed by atoms with E-state index in [1.54, 1.807) is 16.7 Å². The Morgan fingerprint density at radius 3 is 2.62 bits per heavy atom. The summed E-state index contributed by atoms with van der Waals surface area (Å²) < 4.78 is 4.68. The zero-order valence-corrected chi connectivity index (χ0v) is 13.7. The first-order valence-electron chi connectivity index (χ1n) is 7.05. The number of benzene rings is 1. The van der Waals surface area contributed by atoms with Crippen molar-refractivity contribution in [3.05, 3.63) is 35.4 Å². The van der Waals surface area contributed by atoms with Gasteiger partial charge in [-0.25, -0.2) is 0 Å². The van der Waals surface area contributed by atoms with Crippen molar-refractivity contribution in [1.82, 2.24) is 4.90 Å². The number of rotatable bonds is 8. The molecule has 1 aromatic carbocycles. The van der Waals surface area contributed by atoms with Gasteiger partial charge in [-0.2, -0.15) is 11.8 Å². The van der Waals surface area contributed by atoms with Crippen LogP contribution in [0.5, 0.6) is 0 Å². The molecule has 1 aromatic rings. The Morgan fingerprint density at radius 2 is 2.00 bits per heavy atom. The van der Waals surface area contributed by atoms with E-state index < -0.39 is 5.97 Å². The van der Waals surface area contributed by atoms with Crippen LogP contribution >= 0.6 is 11.8 Å². The van der Waals surface area contributed by atoms with Gasteiger partial charge in [0.2, 0.25) is 5.91 Å². The van der Waals surface area contributed by atoms with Gasteiger partial charge in [0.25, 0.3) is 0 Å².